The first-order valence-corrected chi connectivity index (χ1v) is 12.2. The van der Waals surface area contributed by atoms with Crippen LogP contribution in [0.15, 0.2) is 72.8 Å². The fraction of sp³-hybridized carbons (Fsp3) is 0.400. The number of Topliss-reactive ketones (excluding diaryl/α,β-unsaturated/α-hetero) is 1. The summed E-state index contributed by atoms with van der Waals surface area (Å²) in [7, 11) is -2.52. The summed E-state index contributed by atoms with van der Waals surface area (Å²) < 4.78 is 6.81. The largest absolute Gasteiger partial charge is 0.407 e. The number of benzene rings is 2. The fourth-order valence-corrected chi connectivity index (χ4v) is 8.44. The maximum absolute atomic E-state index is 11.3. The van der Waals surface area contributed by atoms with Gasteiger partial charge < -0.3 is 9.53 Å². The monoisotopic (exact) mass is 410 g/mol. The average Bonchev–Trinajstić information content (AvgIpc) is 2.68. The highest BCUT2D eigenvalue weighted by Gasteiger charge is 2.49. The predicted molar refractivity (Wildman–Crippen MR) is 123 cm³/mol. The van der Waals surface area contributed by atoms with Gasteiger partial charge in [-0.15, -0.1) is 0 Å². The third-order valence-electron chi connectivity index (χ3n) is 5.40. The summed E-state index contributed by atoms with van der Waals surface area (Å²) in [5, 5.41) is 12.7. The van der Waals surface area contributed by atoms with Gasteiger partial charge in [-0.1, -0.05) is 88.0 Å². The molecule has 0 saturated carbocycles. The Morgan fingerprint density at radius 1 is 1.03 bits per heavy atom. The Bertz CT molecular complexity index is 754. The van der Waals surface area contributed by atoms with Crippen molar-refractivity contribution in [2.45, 2.75) is 58.1 Å². The zero-order valence-corrected chi connectivity index (χ0v) is 19.2. The van der Waals surface area contributed by atoms with E-state index in [0.717, 1.165) is 6.42 Å². The third kappa shape index (κ3) is 5.75. The summed E-state index contributed by atoms with van der Waals surface area (Å²) in [6.07, 6.45) is 1.09. The van der Waals surface area contributed by atoms with Crippen molar-refractivity contribution in [3.8, 4) is 0 Å². The van der Waals surface area contributed by atoms with Crippen molar-refractivity contribution in [3.63, 3.8) is 0 Å². The van der Waals surface area contributed by atoms with Crippen LogP contribution >= 0.6 is 0 Å². The lowest BCUT2D eigenvalue weighted by atomic mass is 10.0. The van der Waals surface area contributed by atoms with Gasteiger partial charge in [0, 0.05) is 13.0 Å². The molecule has 3 nitrogen and oxygen atoms in total. The Kier molecular flexibility index (Phi) is 8.14. The Morgan fingerprint density at radius 2 is 1.52 bits per heavy atom. The summed E-state index contributed by atoms with van der Waals surface area (Å²) in [5.41, 5.74) is 0.477. The molecule has 2 aromatic carbocycles. The summed E-state index contributed by atoms with van der Waals surface area (Å²) >= 11 is 0. The second-order valence-corrected chi connectivity index (χ2v) is 13.0. The molecule has 0 heterocycles. The minimum atomic E-state index is -2.52. The van der Waals surface area contributed by atoms with E-state index in [4.69, 9.17) is 4.43 Å². The van der Waals surface area contributed by atoms with Crippen LogP contribution < -0.4 is 10.4 Å². The van der Waals surface area contributed by atoms with Gasteiger partial charge in [0.05, 0.1) is 6.10 Å². The second-order valence-electron chi connectivity index (χ2n) is 8.67. The molecule has 0 fully saturated rings. The van der Waals surface area contributed by atoms with E-state index >= 15 is 0 Å². The SMILES string of the molecule is C=C(CC(O)CCCO[Si](c1ccccc1)(c1ccccc1)C(C)(C)C)C(C)=O. The van der Waals surface area contributed by atoms with Crippen LogP contribution in [0.5, 0.6) is 0 Å². The molecule has 0 radical (unpaired) electrons. The van der Waals surface area contributed by atoms with Crippen molar-refractivity contribution in [1.29, 1.82) is 0 Å². The Hall–Kier alpha value is -2.01. The molecule has 0 spiro atoms. The van der Waals surface area contributed by atoms with Crippen molar-refractivity contribution >= 4 is 24.5 Å². The number of hydrogen-bond donors (Lipinski definition) is 1. The molecular formula is C25H34O3Si. The Labute approximate surface area is 176 Å². The van der Waals surface area contributed by atoms with Crippen LogP contribution in [0.25, 0.3) is 0 Å². The van der Waals surface area contributed by atoms with Crippen LogP contribution in [-0.2, 0) is 9.22 Å². The molecule has 0 aromatic heterocycles. The average molecular weight is 411 g/mol. The summed E-state index contributed by atoms with van der Waals surface area (Å²) in [5.74, 6) is -0.0624. The first-order valence-electron chi connectivity index (χ1n) is 10.3. The maximum Gasteiger partial charge on any atom is 0.261 e. The summed E-state index contributed by atoms with van der Waals surface area (Å²) in [6.45, 7) is 12.6. The predicted octanol–water partition coefficient (Wildman–Crippen LogP) is 4.24. The van der Waals surface area contributed by atoms with Crippen molar-refractivity contribution in [2.24, 2.45) is 0 Å². The summed E-state index contributed by atoms with van der Waals surface area (Å²) in [6, 6.07) is 21.1. The lowest BCUT2D eigenvalue weighted by molar-refractivity contribution is -0.114. The van der Waals surface area contributed by atoms with Crippen molar-refractivity contribution < 1.29 is 14.3 Å². The number of aliphatic hydroxyl groups excluding tert-OH is 1. The highest BCUT2D eigenvalue weighted by atomic mass is 28.4. The molecule has 0 aliphatic heterocycles. The molecule has 4 heteroatoms. The van der Waals surface area contributed by atoms with Gasteiger partial charge >= 0.3 is 0 Å². The van der Waals surface area contributed by atoms with Gasteiger partial charge in [-0.25, -0.2) is 0 Å². The van der Waals surface area contributed by atoms with Crippen LogP contribution in [0.2, 0.25) is 5.04 Å². The number of carbonyl (C=O) groups is 1. The van der Waals surface area contributed by atoms with E-state index in [0.29, 0.717) is 25.0 Å². The third-order valence-corrected chi connectivity index (χ3v) is 10.4. The molecule has 1 atom stereocenters. The van der Waals surface area contributed by atoms with E-state index in [9.17, 15) is 9.90 Å². The van der Waals surface area contributed by atoms with Gasteiger partial charge in [-0.2, -0.15) is 0 Å². The normalized spacial score (nSPS) is 13.1. The molecule has 1 N–H and O–H groups in total. The topological polar surface area (TPSA) is 46.5 Å². The Balaban J connectivity index is 2.21. The number of ketones is 1. The van der Waals surface area contributed by atoms with Gasteiger partial charge in [0.1, 0.15) is 0 Å². The zero-order chi connectivity index (χ0) is 21.5. The van der Waals surface area contributed by atoms with E-state index in [-0.39, 0.29) is 10.8 Å². The molecule has 0 amide bonds. The molecule has 156 valence electrons. The molecule has 0 aliphatic carbocycles. The quantitative estimate of drug-likeness (QED) is 0.362. The Morgan fingerprint density at radius 3 is 1.93 bits per heavy atom. The molecule has 0 aliphatic rings. The minimum Gasteiger partial charge on any atom is -0.407 e. The lowest BCUT2D eigenvalue weighted by Gasteiger charge is -2.43. The van der Waals surface area contributed by atoms with Gasteiger partial charge in [-0.05, 0) is 40.8 Å². The van der Waals surface area contributed by atoms with Gasteiger partial charge in [0.2, 0.25) is 0 Å². The highest BCUT2D eigenvalue weighted by molar-refractivity contribution is 6.99. The maximum atomic E-state index is 11.3. The van der Waals surface area contributed by atoms with Crippen LogP contribution in [-0.4, -0.2) is 31.9 Å². The number of rotatable bonds is 10. The number of hydrogen-bond acceptors (Lipinski definition) is 3. The first kappa shape index (κ1) is 23.3. The van der Waals surface area contributed by atoms with Crippen LogP contribution in [0.3, 0.4) is 0 Å². The van der Waals surface area contributed by atoms with Crippen LogP contribution in [0, 0.1) is 0 Å². The lowest BCUT2D eigenvalue weighted by Crippen LogP contribution is -2.66. The zero-order valence-electron chi connectivity index (χ0n) is 18.2. The van der Waals surface area contributed by atoms with Gasteiger partial charge in [0.25, 0.3) is 8.32 Å². The molecule has 1 unspecified atom stereocenters. The smallest absolute Gasteiger partial charge is 0.261 e. The van der Waals surface area contributed by atoms with Crippen LogP contribution in [0.4, 0.5) is 0 Å². The van der Waals surface area contributed by atoms with E-state index in [1.807, 2.05) is 12.1 Å². The van der Waals surface area contributed by atoms with Gasteiger partial charge in [-0.3, -0.25) is 4.79 Å². The van der Waals surface area contributed by atoms with Crippen molar-refractivity contribution in [2.75, 3.05) is 6.61 Å². The van der Waals surface area contributed by atoms with Gasteiger partial charge in [0.15, 0.2) is 5.78 Å². The van der Waals surface area contributed by atoms with E-state index < -0.39 is 14.4 Å². The molecule has 2 aromatic rings. The minimum absolute atomic E-state index is 0.0583. The summed E-state index contributed by atoms with van der Waals surface area (Å²) in [4.78, 5) is 11.3. The first-order chi connectivity index (χ1) is 13.7. The molecule has 2 rings (SSSR count). The van der Waals surface area contributed by atoms with Crippen LogP contribution in [0.1, 0.15) is 47.0 Å². The van der Waals surface area contributed by atoms with E-state index in [1.54, 1.807) is 0 Å². The van der Waals surface area contributed by atoms with Crippen molar-refractivity contribution in [1.82, 2.24) is 0 Å². The molecule has 0 saturated heterocycles. The standard InChI is InChI=1S/C25H34O3Si/c1-20(21(2)26)19-22(27)13-12-18-28-29(25(3,4)5,23-14-8-6-9-15-23)24-16-10-7-11-17-24/h6-11,14-17,22,27H,1,12-13,18-19H2,2-5H3. The molecule has 0 bridgehead atoms. The fourth-order valence-electron chi connectivity index (χ4n) is 3.84. The number of carbonyl (C=O) groups excluding carboxylic acids is 1. The molecule has 29 heavy (non-hydrogen) atoms. The second kappa shape index (κ2) is 10.1. The molecular weight excluding hydrogens is 376 g/mol. The number of aliphatic hydroxyl groups is 1. The van der Waals surface area contributed by atoms with Crippen molar-refractivity contribution in [3.05, 3.63) is 72.8 Å². The van der Waals surface area contributed by atoms with E-state index in [1.165, 1.54) is 17.3 Å². The highest BCUT2D eigenvalue weighted by Crippen LogP contribution is 2.36. The van der Waals surface area contributed by atoms with E-state index in [2.05, 4.69) is 75.9 Å².